The molecule has 0 aliphatic carbocycles. The van der Waals surface area contributed by atoms with Gasteiger partial charge in [0.1, 0.15) is 11.4 Å². The van der Waals surface area contributed by atoms with Gasteiger partial charge < -0.3 is 24.3 Å². The van der Waals surface area contributed by atoms with Gasteiger partial charge in [0.25, 0.3) is 5.91 Å². The molecule has 9 heteroatoms. The van der Waals surface area contributed by atoms with Crippen LogP contribution in [0.2, 0.25) is 5.02 Å². The number of aliphatic imine (C=N–C) groups is 1. The molecule has 2 aromatic carbocycles. The van der Waals surface area contributed by atoms with Crippen molar-refractivity contribution in [3.05, 3.63) is 45.8 Å². The number of halogens is 1. The molecule has 1 amide bonds. The fraction of sp³-hybridized carbons (Fsp3) is 0.200. The monoisotopic (exact) mass is 434 g/mol. The fourth-order valence-electron chi connectivity index (χ4n) is 2.68. The second-order valence-electron chi connectivity index (χ2n) is 5.76. The molecule has 0 atom stereocenters. The molecule has 0 saturated carbocycles. The average molecular weight is 435 g/mol. The number of amides is 1. The van der Waals surface area contributed by atoms with Gasteiger partial charge in [-0.15, -0.1) is 0 Å². The van der Waals surface area contributed by atoms with E-state index in [0.29, 0.717) is 43.8 Å². The first-order valence-corrected chi connectivity index (χ1v) is 9.61. The van der Waals surface area contributed by atoms with Crippen LogP contribution in [0.3, 0.4) is 0 Å². The molecule has 0 unspecified atom stereocenters. The van der Waals surface area contributed by atoms with E-state index >= 15 is 0 Å². The van der Waals surface area contributed by atoms with Gasteiger partial charge in [0.15, 0.2) is 16.7 Å². The van der Waals surface area contributed by atoms with Crippen molar-refractivity contribution in [3.8, 4) is 23.0 Å². The Morgan fingerprint density at radius 1 is 0.966 bits per heavy atom. The number of hydrogen-bond donors (Lipinski definition) is 1. The van der Waals surface area contributed by atoms with E-state index in [1.807, 2.05) is 0 Å². The SMILES string of the molecule is COc1ccc(Cl)cc1N=C1NC(=O)/C(=C/c2cc(OC)c(OC)c(OC)c2)S1. The van der Waals surface area contributed by atoms with Crippen molar-refractivity contribution in [2.75, 3.05) is 28.4 Å². The van der Waals surface area contributed by atoms with Crippen LogP contribution >= 0.6 is 23.4 Å². The van der Waals surface area contributed by atoms with E-state index in [-0.39, 0.29) is 5.91 Å². The number of carbonyl (C=O) groups is 1. The van der Waals surface area contributed by atoms with Gasteiger partial charge in [0, 0.05) is 5.02 Å². The Labute approximate surface area is 177 Å². The van der Waals surface area contributed by atoms with E-state index in [0.717, 1.165) is 5.56 Å². The third-order valence-corrected chi connectivity index (χ3v) is 5.14. The summed E-state index contributed by atoms with van der Waals surface area (Å²) in [5.74, 6) is 1.78. The highest BCUT2D eigenvalue weighted by atomic mass is 35.5. The summed E-state index contributed by atoms with van der Waals surface area (Å²) in [6, 6.07) is 8.62. The number of nitrogens with one attached hydrogen (secondary N) is 1. The average Bonchev–Trinajstić information content (AvgIpc) is 3.05. The van der Waals surface area contributed by atoms with Crippen molar-refractivity contribution < 1.29 is 23.7 Å². The van der Waals surface area contributed by atoms with Crippen LogP contribution in [0.15, 0.2) is 40.2 Å². The molecule has 0 spiro atoms. The van der Waals surface area contributed by atoms with Gasteiger partial charge in [0.2, 0.25) is 5.75 Å². The summed E-state index contributed by atoms with van der Waals surface area (Å²) in [5.41, 5.74) is 1.25. The lowest BCUT2D eigenvalue weighted by Crippen LogP contribution is -2.19. The van der Waals surface area contributed by atoms with Crippen LogP contribution in [0.1, 0.15) is 5.56 Å². The molecule has 0 radical (unpaired) electrons. The summed E-state index contributed by atoms with van der Waals surface area (Å²) < 4.78 is 21.3. The second-order valence-corrected chi connectivity index (χ2v) is 7.22. The Kier molecular flexibility index (Phi) is 6.56. The molecule has 0 aromatic heterocycles. The van der Waals surface area contributed by atoms with Gasteiger partial charge in [-0.2, -0.15) is 0 Å². The molecule has 3 rings (SSSR count). The van der Waals surface area contributed by atoms with Gasteiger partial charge in [-0.25, -0.2) is 4.99 Å². The quantitative estimate of drug-likeness (QED) is 0.684. The fourth-order valence-corrected chi connectivity index (χ4v) is 3.68. The molecule has 0 bridgehead atoms. The zero-order chi connectivity index (χ0) is 21.0. The first-order chi connectivity index (χ1) is 14.0. The molecular weight excluding hydrogens is 416 g/mol. The smallest absolute Gasteiger partial charge is 0.264 e. The molecule has 7 nitrogen and oxygen atoms in total. The second kappa shape index (κ2) is 9.11. The molecule has 1 aliphatic rings. The van der Waals surface area contributed by atoms with Crippen LogP contribution in [0.4, 0.5) is 5.69 Å². The predicted octanol–water partition coefficient (Wildman–Crippen LogP) is 4.27. The third-order valence-electron chi connectivity index (χ3n) is 4.00. The van der Waals surface area contributed by atoms with Crippen LogP contribution in [-0.2, 0) is 4.79 Å². The third kappa shape index (κ3) is 4.60. The Morgan fingerprint density at radius 2 is 1.62 bits per heavy atom. The van der Waals surface area contributed by atoms with E-state index in [9.17, 15) is 4.79 Å². The summed E-state index contributed by atoms with van der Waals surface area (Å²) in [4.78, 5) is 17.3. The number of methoxy groups -OCH3 is 4. The van der Waals surface area contributed by atoms with Gasteiger partial charge in [0.05, 0.1) is 33.3 Å². The standard InChI is InChI=1S/C20H19ClN2O5S/c1-25-14-6-5-12(21)10-13(14)22-20-23-19(24)17(29-20)9-11-7-15(26-2)18(28-4)16(8-11)27-3/h5-10H,1-4H3,(H,22,23,24)/b17-9-. The number of amidine groups is 1. The molecule has 29 heavy (non-hydrogen) atoms. The van der Waals surface area contributed by atoms with Gasteiger partial charge >= 0.3 is 0 Å². The largest absolute Gasteiger partial charge is 0.494 e. The summed E-state index contributed by atoms with van der Waals surface area (Å²) in [7, 11) is 6.15. The summed E-state index contributed by atoms with van der Waals surface area (Å²) in [6.45, 7) is 0. The lowest BCUT2D eigenvalue weighted by molar-refractivity contribution is -0.115. The maximum atomic E-state index is 12.4. The molecule has 1 N–H and O–H groups in total. The van der Waals surface area contributed by atoms with Crippen molar-refractivity contribution in [1.29, 1.82) is 0 Å². The van der Waals surface area contributed by atoms with Crippen LogP contribution < -0.4 is 24.3 Å². The highest BCUT2D eigenvalue weighted by molar-refractivity contribution is 8.18. The van der Waals surface area contributed by atoms with Crippen LogP contribution in [0, 0.1) is 0 Å². The molecule has 1 aliphatic heterocycles. The maximum absolute atomic E-state index is 12.4. The highest BCUT2D eigenvalue weighted by Gasteiger charge is 2.25. The number of hydrogen-bond acceptors (Lipinski definition) is 7. The van der Waals surface area contributed by atoms with Gasteiger partial charge in [-0.1, -0.05) is 11.6 Å². The van der Waals surface area contributed by atoms with E-state index in [2.05, 4.69) is 10.3 Å². The molecule has 1 heterocycles. The first kappa shape index (κ1) is 20.9. The van der Waals surface area contributed by atoms with Crippen molar-refractivity contribution >= 4 is 46.2 Å². The van der Waals surface area contributed by atoms with E-state index in [1.165, 1.54) is 33.1 Å². The minimum absolute atomic E-state index is 0.261. The summed E-state index contributed by atoms with van der Waals surface area (Å²) in [6.07, 6.45) is 1.72. The molecule has 152 valence electrons. The minimum atomic E-state index is -0.261. The van der Waals surface area contributed by atoms with Crippen molar-refractivity contribution in [2.24, 2.45) is 4.99 Å². The Balaban J connectivity index is 1.93. The topological polar surface area (TPSA) is 78.4 Å². The highest BCUT2D eigenvalue weighted by Crippen LogP contribution is 2.40. The Morgan fingerprint density at radius 3 is 2.21 bits per heavy atom. The predicted molar refractivity (Wildman–Crippen MR) is 115 cm³/mol. The Hall–Kier alpha value is -2.84. The maximum Gasteiger partial charge on any atom is 0.264 e. The number of rotatable bonds is 6. The zero-order valence-corrected chi connectivity index (χ0v) is 17.8. The van der Waals surface area contributed by atoms with Crippen molar-refractivity contribution in [1.82, 2.24) is 5.32 Å². The van der Waals surface area contributed by atoms with Crippen LogP contribution in [0.5, 0.6) is 23.0 Å². The van der Waals surface area contributed by atoms with Crippen molar-refractivity contribution in [3.63, 3.8) is 0 Å². The zero-order valence-electron chi connectivity index (χ0n) is 16.2. The lowest BCUT2D eigenvalue weighted by atomic mass is 10.1. The molecule has 1 saturated heterocycles. The Bertz CT molecular complexity index is 981. The number of thioether (sulfide) groups is 1. The van der Waals surface area contributed by atoms with Gasteiger partial charge in [-0.3, -0.25) is 4.79 Å². The lowest BCUT2D eigenvalue weighted by Gasteiger charge is -2.12. The van der Waals surface area contributed by atoms with Crippen molar-refractivity contribution in [2.45, 2.75) is 0 Å². The van der Waals surface area contributed by atoms with Gasteiger partial charge in [-0.05, 0) is 53.7 Å². The van der Waals surface area contributed by atoms with E-state index in [1.54, 1.807) is 43.5 Å². The molecular formula is C20H19ClN2O5S. The van der Waals surface area contributed by atoms with Crippen LogP contribution in [-0.4, -0.2) is 39.5 Å². The number of benzene rings is 2. The van der Waals surface area contributed by atoms with E-state index in [4.69, 9.17) is 30.5 Å². The number of carbonyl (C=O) groups excluding carboxylic acids is 1. The number of nitrogens with zero attached hydrogens (tertiary/aromatic N) is 1. The number of ether oxygens (including phenoxy) is 4. The summed E-state index contributed by atoms with van der Waals surface area (Å²) in [5, 5.41) is 3.69. The minimum Gasteiger partial charge on any atom is -0.494 e. The first-order valence-electron chi connectivity index (χ1n) is 8.42. The molecule has 1 fully saturated rings. The van der Waals surface area contributed by atoms with Crippen LogP contribution in [0.25, 0.3) is 6.08 Å². The molecule has 2 aromatic rings. The summed E-state index contributed by atoms with van der Waals surface area (Å²) >= 11 is 7.25. The normalized spacial score (nSPS) is 16.1. The van der Waals surface area contributed by atoms with E-state index < -0.39 is 0 Å².